The third kappa shape index (κ3) is 3.91. The molecule has 2 aromatic carbocycles. The topological polar surface area (TPSA) is 9.23 Å². The van der Waals surface area contributed by atoms with Gasteiger partial charge in [0.1, 0.15) is 5.75 Å². The van der Waals surface area contributed by atoms with Gasteiger partial charge in [0.15, 0.2) is 0 Å². The first-order valence-electron chi connectivity index (χ1n) is 5.92. The van der Waals surface area contributed by atoms with Gasteiger partial charge in [-0.15, -0.1) is 0 Å². The zero-order chi connectivity index (χ0) is 14.7. The van der Waals surface area contributed by atoms with Gasteiger partial charge in [-0.25, -0.2) is 0 Å². The normalized spacial score (nSPS) is 12.2. The Kier molecular flexibility index (Phi) is 5.79. The molecule has 1 atom stereocenters. The van der Waals surface area contributed by atoms with Gasteiger partial charge in [0.05, 0.1) is 17.2 Å². The van der Waals surface area contributed by atoms with E-state index in [9.17, 15) is 0 Å². The van der Waals surface area contributed by atoms with E-state index >= 15 is 0 Å². The highest BCUT2D eigenvalue weighted by Crippen LogP contribution is 2.36. The molecule has 0 saturated carbocycles. The summed E-state index contributed by atoms with van der Waals surface area (Å²) in [4.78, 5) is 0.132. The number of halogens is 4. The van der Waals surface area contributed by atoms with Crippen LogP contribution in [0.5, 0.6) is 5.75 Å². The zero-order valence-electron chi connectivity index (χ0n) is 10.7. The molecule has 5 heteroatoms. The minimum Gasteiger partial charge on any atom is -0.496 e. The van der Waals surface area contributed by atoms with E-state index in [1.54, 1.807) is 7.11 Å². The Labute approximate surface area is 145 Å². The zero-order valence-corrected chi connectivity index (χ0v) is 15.4. The highest BCUT2D eigenvalue weighted by Gasteiger charge is 2.15. The summed E-state index contributed by atoms with van der Waals surface area (Å²) in [5.74, 6) is 0.857. The maximum absolute atomic E-state index is 6.05. The van der Waals surface area contributed by atoms with Crippen LogP contribution < -0.4 is 4.74 Å². The van der Waals surface area contributed by atoms with Crippen LogP contribution in [0.25, 0.3) is 0 Å². The van der Waals surface area contributed by atoms with Crippen LogP contribution in [0.3, 0.4) is 0 Å². The second kappa shape index (κ2) is 7.17. The molecule has 20 heavy (non-hydrogen) atoms. The van der Waals surface area contributed by atoms with Crippen LogP contribution in [0.1, 0.15) is 16.0 Å². The number of rotatable bonds is 4. The van der Waals surface area contributed by atoms with Crippen LogP contribution in [0, 0.1) is 0 Å². The monoisotopic (exact) mass is 436 g/mol. The third-order valence-electron chi connectivity index (χ3n) is 2.93. The summed E-state index contributed by atoms with van der Waals surface area (Å²) in [5.41, 5.74) is 2.20. The predicted molar refractivity (Wildman–Crippen MR) is 92.5 cm³/mol. The van der Waals surface area contributed by atoms with Crippen molar-refractivity contribution in [3.8, 4) is 5.75 Å². The van der Waals surface area contributed by atoms with Gasteiger partial charge in [0.25, 0.3) is 0 Å². The summed E-state index contributed by atoms with van der Waals surface area (Å²) < 4.78 is 6.42. The standard InChI is InChI=1S/C15H12Br2Cl2O/c1-20-15-5-3-10(16)8-11(15)12(17)6-9-2-4-13(18)14(19)7-9/h2-5,7-8,12H,6H2,1H3. The molecule has 0 saturated heterocycles. The minimum atomic E-state index is 0.132. The Morgan fingerprint density at radius 3 is 2.50 bits per heavy atom. The first kappa shape index (κ1) is 16.2. The Balaban J connectivity index is 2.25. The average Bonchev–Trinajstić information content (AvgIpc) is 2.43. The summed E-state index contributed by atoms with van der Waals surface area (Å²) >= 11 is 19.2. The number of alkyl halides is 1. The van der Waals surface area contributed by atoms with E-state index in [1.165, 1.54) is 0 Å². The van der Waals surface area contributed by atoms with Gasteiger partial charge in [0.2, 0.25) is 0 Å². The van der Waals surface area contributed by atoms with Gasteiger partial charge < -0.3 is 4.74 Å². The van der Waals surface area contributed by atoms with Crippen LogP contribution in [-0.4, -0.2) is 7.11 Å². The molecule has 0 aliphatic carbocycles. The molecule has 2 aromatic rings. The molecule has 106 valence electrons. The first-order chi connectivity index (χ1) is 9.51. The van der Waals surface area contributed by atoms with E-state index in [-0.39, 0.29) is 4.83 Å². The predicted octanol–water partition coefficient (Wildman–Crippen LogP) is 6.44. The number of benzene rings is 2. The summed E-state index contributed by atoms with van der Waals surface area (Å²) in [7, 11) is 1.67. The molecule has 0 aliphatic heterocycles. The quantitative estimate of drug-likeness (QED) is 0.499. The number of methoxy groups -OCH3 is 1. The minimum absolute atomic E-state index is 0.132. The maximum Gasteiger partial charge on any atom is 0.123 e. The fourth-order valence-corrected chi connectivity index (χ4v) is 3.36. The lowest BCUT2D eigenvalue weighted by atomic mass is 10.0. The average molecular weight is 439 g/mol. The van der Waals surface area contributed by atoms with Crippen molar-refractivity contribution >= 4 is 55.1 Å². The highest BCUT2D eigenvalue weighted by molar-refractivity contribution is 9.10. The van der Waals surface area contributed by atoms with Crippen LogP contribution in [0.2, 0.25) is 10.0 Å². The van der Waals surface area contributed by atoms with Crippen LogP contribution in [-0.2, 0) is 6.42 Å². The van der Waals surface area contributed by atoms with Crippen molar-refractivity contribution in [2.45, 2.75) is 11.2 Å². The van der Waals surface area contributed by atoms with E-state index in [0.29, 0.717) is 10.0 Å². The van der Waals surface area contributed by atoms with Crippen LogP contribution >= 0.6 is 55.1 Å². The molecule has 0 N–H and O–H groups in total. The van der Waals surface area contributed by atoms with E-state index < -0.39 is 0 Å². The summed E-state index contributed by atoms with van der Waals surface area (Å²) in [6, 6.07) is 11.6. The van der Waals surface area contributed by atoms with Crippen LogP contribution in [0.15, 0.2) is 40.9 Å². The van der Waals surface area contributed by atoms with E-state index in [1.807, 2.05) is 30.3 Å². The number of ether oxygens (including phenoxy) is 1. The Morgan fingerprint density at radius 2 is 1.85 bits per heavy atom. The summed E-state index contributed by atoms with van der Waals surface area (Å²) in [6.45, 7) is 0. The molecule has 0 aliphatic rings. The molecule has 1 unspecified atom stereocenters. The lowest BCUT2D eigenvalue weighted by Gasteiger charge is -2.15. The van der Waals surface area contributed by atoms with Crippen molar-refractivity contribution in [1.29, 1.82) is 0 Å². The second-order valence-corrected chi connectivity index (χ2v) is 7.14. The second-order valence-electron chi connectivity index (χ2n) is 4.31. The van der Waals surface area contributed by atoms with Gasteiger partial charge in [-0.3, -0.25) is 0 Å². The Bertz CT molecular complexity index is 617. The molecule has 0 spiro atoms. The summed E-state index contributed by atoms with van der Waals surface area (Å²) in [5, 5.41) is 1.15. The Morgan fingerprint density at radius 1 is 1.10 bits per heavy atom. The molecule has 0 amide bonds. The van der Waals surface area contributed by atoms with Crippen molar-refractivity contribution in [2.75, 3.05) is 7.11 Å². The van der Waals surface area contributed by atoms with Crippen molar-refractivity contribution in [3.63, 3.8) is 0 Å². The van der Waals surface area contributed by atoms with E-state index in [4.69, 9.17) is 27.9 Å². The first-order valence-corrected chi connectivity index (χ1v) is 8.39. The van der Waals surface area contributed by atoms with Crippen molar-refractivity contribution < 1.29 is 4.74 Å². The molecule has 0 radical (unpaired) electrons. The SMILES string of the molecule is COc1ccc(Br)cc1C(Br)Cc1ccc(Cl)c(Cl)c1. The molecular formula is C15H12Br2Cl2O. The van der Waals surface area contributed by atoms with E-state index in [2.05, 4.69) is 37.9 Å². The van der Waals surface area contributed by atoms with Gasteiger partial charge in [-0.05, 0) is 42.3 Å². The van der Waals surface area contributed by atoms with Crippen molar-refractivity contribution in [2.24, 2.45) is 0 Å². The third-order valence-corrected chi connectivity index (χ3v) is 4.98. The largest absolute Gasteiger partial charge is 0.496 e. The van der Waals surface area contributed by atoms with E-state index in [0.717, 1.165) is 27.8 Å². The van der Waals surface area contributed by atoms with Crippen molar-refractivity contribution in [1.82, 2.24) is 0 Å². The van der Waals surface area contributed by atoms with Gasteiger partial charge in [-0.2, -0.15) is 0 Å². The molecule has 2 rings (SSSR count). The molecule has 0 aromatic heterocycles. The Hall–Kier alpha value is -0.220. The van der Waals surface area contributed by atoms with Gasteiger partial charge in [-0.1, -0.05) is 61.1 Å². The van der Waals surface area contributed by atoms with Crippen molar-refractivity contribution in [3.05, 3.63) is 62.0 Å². The summed E-state index contributed by atoms with van der Waals surface area (Å²) in [6.07, 6.45) is 0.795. The molecule has 0 bridgehead atoms. The number of hydrogen-bond acceptors (Lipinski definition) is 1. The fraction of sp³-hybridized carbons (Fsp3) is 0.200. The maximum atomic E-state index is 6.05. The smallest absolute Gasteiger partial charge is 0.123 e. The highest BCUT2D eigenvalue weighted by atomic mass is 79.9. The lowest BCUT2D eigenvalue weighted by Crippen LogP contribution is -1.99. The fourth-order valence-electron chi connectivity index (χ4n) is 1.93. The molecular weight excluding hydrogens is 427 g/mol. The molecule has 0 fully saturated rings. The van der Waals surface area contributed by atoms with Gasteiger partial charge >= 0.3 is 0 Å². The molecule has 0 heterocycles. The lowest BCUT2D eigenvalue weighted by molar-refractivity contribution is 0.409. The van der Waals surface area contributed by atoms with Crippen LogP contribution in [0.4, 0.5) is 0 Å². The number of hydrogen-bond donors (Lipinski definition) is 0. The molecule has 1 nitrogen and oxygen atoms in total. The van der Waals surface area contributed by atoms with Gasteiger partial charge in [0, 0.05) is 14.9 Å².